The van der Waals surface area contributed by atoms with E-state index in [1.54, 1.807) is 6.92 Å². The van der Waals surface area contributed by atoms with Crippen LogP contribution in [0.3, 0.4) is 0 Å². The van der Waals surface area contributed by atoms with Gasteiger partial charge in [0.1, 0.15) is 0 Å². The molecule has 0 aliphatic rings. The Balaban J connectivity index is 3.17. The molecule has 0 aliphatic carbocycles. The molecule has 83 valence electrons. The number of alkyl halides is 1. The summed E-state index contributed by atoms with van der Waals surface area (Å²) in [5, 5.41) is 0.672. The molecule has 0 N–H and O–H groups in total. The average Bonchev–Trinajstić information content (AvgIpc) is 2.14. The predicted molar refractivity (Wildman–Crippen MR) is 64.1 cm³/mol. The van der Waals surface area contributed by atoms with Gasteiger partial charge in [0.2, 0.25) is 0 Å². The normalized spacial score (nSPS) is 12.2. The van der Waals surface area contributed by atoms with Crippen LogP contribution in [0.2, 0.25) is 5.02 Å². The summed E-state index contributed by atoms with van der Waals surface area (Å²) in [6, 6.07) is 5.77. The Morgan fingerprint density at radius 3 is 2.33 bits per heavy atom. The number of hydrogen-bond donors (Lipinski definition) is 0. The first kappa shape index (κ1) is 12.5. The Labute approximate surface area is 96.5 Å². The Hall–Kier alpha value is -0.560. The zero-order valence-corrected chi connectivity index (χ0v) is 10.5. The Morgan fingerprint density at radius 1 is 1.27 bits per heavy atom. The van der Waals surface area contributed by atoms with Crippen molar-refractivity contribution < 1.29 is 4.39 Å². The number of hydrogen-bond acceptors (Lipinski definition) is 0. The highest BCUT2D eigenvalue weighted by Crippen LogP contribution is 2.29. The molecule has 1 aromatic rings. The lowest BCUT2D eigenvalue weighted by atomic mass is 9.85. The highest BCUT2D eigenvalue weighted by molar-refractivity contribution is 6.30. The molecule has 1 aromatic carbocycles. The molecule has 1 radical (unpaired) electrons. The molecule has 0 bridgehead atoms. The van der Waals surface area contributed by atoms with E-state index in [1.807, 2.05) is 18.2 Å². The van der Waals surface area contributed by atoms with Crippen LogP contribution in [0.15, 0.2) is 18.2 Å². The van der Waals surface area contributed by atoms with Crippen molar-refractivity contribution in [2.75, 3.05) is 6.67 Å². The Kier molecular flexibility index (Phi) is 3.77. The molecule has 0 saturated carbocycles. The van der Waals surface area contributed by atoms with Crippen molar-refractivity contribution in [1.82, 2.24) is 0 Å². The van der Waals surface area contributed by atoms with E-state index in [0.717, 1.165) is 17.0 Å². The first-order chi connectivity index (χ1) is 6.84. The summed E-state index contributed by atoms with van der Waals surface area (Å²) in [6.45, 7) is 7.72. The van der Waals surface area contributed by atoms with E-state index >= 15 is 0 Å². The van der Waals surface area contributed by atoms with Crippen LogP contribution in [0.5, 0.6) is 0 Å². The Bertz CT molecular complexity index is 339. The third-order valence-corrected chi connectivity index (χ3v) is 2.68. The molecule has 0 spiro atoms. The molecular formula is C13H17ClF. The first-order valence-electron chi connectivity index (χ1n) is 5.04. The van der Waals surface area contributed by atoms with Crippen molar-refractivity contribution in [2.24, 2.45) is 0 Å². The van der Waals surface area contributed by atoms with Gasteiger partial charge in [0.25, 0.3) is 0 Å². The fraction of sp³-hybridized carbons (Fsp3) is 0.462. The van der Waals surface area contributed by atoms with Gasteiger partial charge in [-0.25, -0.2) is 0 Å². The third-order valence-electron chi connectivity index (χ3n) is 2.46. The SMILES string of the molecule is C[C](CF)c1cc(Cl)cc(C(C)(C)C)c1. The predicted octanol–water partition coefficient (Wildman–Crippen LogP) is 4.55. The lowest BCUT2D eigenvalue weighted by molar-refractivity contribution is 0.515. The van der Waals surface area contributed by atoms with Gasteiger partial charge >= 0.3 is 0 Å². The Morgan fingerprint density at radius 2 is 1.87 bits per heavy atom. The van der Waals surface area contributed by atoms with Gasteiger partial charge in [-0.1, -0.05) is 45.4 Å². The van der Waals surface area contributed by atoms with E-state index in [1.165, 1.54) is 0 Å². The molecular weight excluding hydrogens is 211 g/mol. The molecule has 0 aliphatic heterocycles. The standard InChI is InChI=1S/C13H17ClF/c1-9(8-15)10-5-11(13(2,3)4)7-12(14)6-10/h5-7H,8H2,1-4H3. The van der Waals surface area contributed by atoms with Crippen LogP contribution in [-0.4, -0.2) is 6.67 Å². The molecule has 0 heterocycles. The molecule has 0 unspecified atom stereocenters. The monoisotopic (exact) mass is 227 g/mol. The van der Waals surface area contributed by atoms with Gasteiger partial charge < -0.3 is 0 Å². The maximum atomic E-state index is 12.6. The lowest BCUT2D eigenvalue weighted by Crippen LogP contribution is -2.12. The number of rotatable bonds is 2. The summed E-state index contributed by atoms with van der Waals surface area (Å²) in [6.07, 6.45) is 0. The summed E-state index contributed by atoms with van der Waals surface area (Å²) < 4.78 is 12.6. The van der Waals surface area contributed by atoms with Gasteiger partial charge in [-0.3, -0.25) is 4.39 Å². The van der Waals surface area contributed by atoms with Crippen LogP contribution in [0, 0.1) is 5.92 Å². The summed E-state index contributed by atoms with van der Waals surface area (Å²) in [4.78, 5) is 0. The lowest BCUT2D eigenvalue weighted by Gasteiger charge is -2.21. The second-order valence-electron chi connectivity index (χ2n) is 4.89. The highest BCUT2D eigenvalue weighted by Gasteiger charge is 2.16. The number of halogens is 2. The van der Waals surface area contributed by atoms with Crippen LogP contribution in [-0.2, 0) is 5.41 Å². The second kappa shape index (κ2) is 4.52. The first-order valence-corrected chi connectivity index (χ1v) is 5.42. The van der Waals surface area contributed by atoms with Gasteiger partial charge in [0, 0.05) is 10.9 Å². The minimum Gasteiger partial charge on any atom is -0.250 e. The molecule has 1 rings (SSSR count). The van der Waals surface area contributed by atoms with E-state index in [-0.39, 0.29) is 5.41 Å². The van der Waals surface area contributed by atoms with E-state index in [4.69, 9.17) is 11.6 Å². The molecule has 15 heavy (non-hydrogen) atoms. The fourth-order valence-electron chi connectivity index (χ4n) is 1.35. The minimum atomic E-state index is -0.427. The van der Waals surface area contributed by atoms with Crippen LogP contribution in [0.4, 0.5) is 4.39 Å². The second-order valence-corrected chi connectivity index (χ2v) is 5.33. The van der Waals surface area contributed by atoms with Crippen molar-refractivity contribution in [3.8, 4) is 0 Å². The van der Waals surface area contributed by atoms with Gasteiger partial charge in [0.05, 0.1) is 6.67 Å². The van der Waals surface area contributed by atoms with Crippen molar-refractivity contribution >= 4 is 11.6 Å². The van der Waals surface area contributed by atoms with Gasteiger partial charge in [-0.05, 0) is 28.7 Å². The average molecular weight is 228 g/mol. The van der Waals surface area contributed by atoms with Crippen LogP contribution in [0.1, 0.15) is 38.8 Å². The zero-order chi connectivity index (χ0) is 11.6. The molecule has 0 fully saturated rings. The van der Waals surface area contributed by atoms with Crippen molar-refractivity contribution in [3.63, 3.8) is 0 Å². The van der Waals surface area contributed by atoms with E-state index in [0.29, 0.717) is 5.02 Å². The van der Waals surface area contributed by atoms with E-state index in [9.17, 15) is 4.39 Å². The number of benzene rings is 1. The molecule has 2 heteroatoms. The van der Waals surface area contributed by atoms with Gasteiger partial charge in [0.15, 0.2) is 0 Å². The van der Waals surface area contributed by atoms with E-state index in [2.05, 4.69) is 20.8 Å². The van der Waals surface area contributed by atoms with Gasteiger partial charge in [-0.15, -0.1) is 0 Å². The largest absolute Gasteiger partial charge is 0.250 e. The van der Waals surface area contributed by atoms with Crippen molar-refractivity contribution in [3.05, 3.63) is 40.3 Å². The van der Waals surface area contributed by atoms with Crippen LogP contribution in [0.25, 0.3) is 0 Å². The summed E-state index contributed by atoms with van der Waals surface area (Å²) >= 11 is 6.02. The molecule has 0 aromatic heterocycles. The quantitative estimate of drug-likeness (QED) is 0.696. The van der Waals surface area contributed by atoms with Crippen molar-refractivity contribution in [2.45, 2.75) is 33.1 Å². The molecule has 0 amide bonds. The summed E-state index contributed by atoms with van der Waals surface area (Å²) in [7, 11) is 0. The third kappa shape index (κ3) is 3.20. The maximum Gasteiger partial charge on any atom is 0.0997 e. The van der Waals surface area contributed by atoms with E-state index < -0.39 is 6.67 Å². The smallest absolute Gasteiger partial charge is 0.0997 e. The molecule has 0 saturated heterocycles. The summed E-state index contributed by atoms with van der Waals surface area (Å²) in [5.74, 6) is 0.725. The van der Waals surface area contributed by atoms with Gasteiger partial charge in [-0.2, -0.15) is 0 Å². The summed E-state index contributed by atoms with van der Waals surface area (Å²) in [5.41, 5.74) is 2.07. The zero-order valence-electron chi connectivity index (χ0n) is 9.70. The fourth-order valence-corrected chi connectivity index (χ4v) is 1.58. The molecule has 0 atom stereocenters. The van der Waals surface area contributed by atoms with Crippen molar-refractivity contribution in [1.29, 1.82) is 0 Å². The topological polar surface area (TPSA) is 0 Å². The van der Waals surface area contributed by atoms with Crippen LogP contribution < -0.4 is 0 Å². The maximum absolute atomic E-state index is 12.6. The van der Waals surface area contributed by atoms with Crippen LogP contribution >= 0.6 is 11.6 Å². The molecule has 0 nitrogen and oxygen atoms in total. The minimum absolute atomic E-state index is 0.0379. The highest BCUT2D eigenvalue weighted by atomic mass is 35.5.